The normalized spacial score (nSPS) is 9.94. The predicted molar refractivity (Wildman–Crippen MR) is 174 cm³/mol. The fraction of sp³-hybridized carbons (Fsp3) is 0.111. The average Bonchev–Trinajstić information content (AvgIpc) is 3.67. The van der Waals surface area contributed by atoms with Crippen molar-refractivity contribution >= 4 is 11.6 Å². The molecule has 0 fully saturated rings. The molecule has 3 N–H and O–H groups in total. The third-order valence-electron chi connectivity index (χ3n) is 7.16. The van der Waals surface area contributed by atoms with E-state index in [1.807, 2.05) is 92.7 Å². The molecule has 0 saturated carbocycles. The van der Waals surface area contributed by atoms with E-state index in [2.05, 4.69) is 15.2 Å². The number of carbonyl (C=O) groups excluding carboxylic acids is 1. The van der Waals surface area contributed by atoms with Crippen molar-refractivity contribution < 1.29 is 80.2 Å². The van der Waals surface area contributed by atoms with Crippen molar-refractivity contribution in [3.63, 3.8) is 0 Å². The zero-order chi connectivity index (χ0) is 31.9. The first-order chi connectivity index (χ1) is 21.9. The number of hydrogen-bond donors (Lipinski definition) is 1. The zero-order valence-corrected chi connectivity index (χ0v) is 29.8. The van der Waals surface area contributed by atoms with Gasteiger partial charge in [-0.25, -0.2) is 4.85 Å². The van der Waals surface area contributed by atoms with Gasteiger partial charge < -0.3 is 29.7 Å². The van der Waals surface area contributed by atoms with Gasteiger partial charge in [-0.05, 0) is 43.2 Å². The van der Waals surface area contributed by atoms with Crippen molar-refractivity contribution in [1.82, 2.24) is 10.3 Å². The third-order valence-corrected chi connectivity index (χ3v) is 7.16. The second-order valence-corrected chi connectivity index (χ2v) is 9.93. The fourth-order valence-corrected chi connectivity index (χ4v) is 4.99. The van der Waals surface area contributed by atoms with Gasteiger partial charge in [0.05, 0.1) is 37.5 Å². The van der Waals surface area contributed by atoms with Crippen LogP contribution in [0.1, 0.15) is 21.9 Å². The van der Waals surface area contributed by atoms with Crippen LogP contribution < -0.4 is 66.6 Å². The third kappa shape index (κ3) is 8.06. The number of nitrogens with zero attached hydrogens (tertiary/aromatic N) is 3. The molecule has 6 rings (SSSR count). The largest absolute Gasteiger partial charge is 1.00 e. The van der Waals surface area contributed by atoms with Crippen molar-refractivity contribution in [2.75, 3.05) is 14.2 Å². The second-order valence-electron chi connectivity index (χ2n) is 9.93. The quantitative estimate of drug-likeness (QED) is 0.184. The molecule has 0 unspecified atom stereocenters. The van der Waals surface area contributed by atoms with E-state index in [1.165, 1.54) is 7.11 Å². The average molecular weight is 655 g/mol. The van der Waals surface area contributed by atoms with E-state index in [0.717, 1.165) is 50.5 Å². The number of carbonyl (C=O) groups is 1. The molecule has 0 saturated heterocycles. The van der Waals surface area contributed by atoms with Gasteiger partial charge >= 0.3 is 51.4 Å². The van der Waals surface area contributed by atoms with Gasteiger partial charge in [0.1, 0.15) is 34.4 Å². The Kier molecular flexibility index (Phi) is 13.2. The van der Waals surface area contributed by atoms with Crippen molar-refractivity contribution in [2.45, 2.75) is 13.8 Å². The summed E-state index contributed by atoms with van der Waals surface area (Å²) < 4.78 is 21.3. The van der Waals surface area contributed by atoms with Crippen molar-refractivity contribution in [3.8, 4) is 56.3 Å². The Morgan fingerprint density at radius 1 is 0.702 bits per heavy atom. The summed E-state index contributed by atoms with van der Waals surface area (Å²) in [6.07, 6.45) is 0. The van der Waals surface area contributed by atoms with Gasteiger partial charge in [-0.1, -0.05) is 89.2 Å². The molecular weight excluding hydrogens is 624 g/mol. The number of primary amides is 1. The maximum Gasteiger partial charge on any atom is 1.00 e. The number of nitrogens with two attached hydrogens (primary N) is 1. The Morgan fingerprint density at radius 2 is 1.15 bits per heavy atom. The molecule has 0 aliphatic rings. The van der Waals surface area contributed by atoms with Crippen molar-refractivity contribution in [1.29, 1.82) is 0 Å². The maximum atomic E-state index is 11.4. The van der Waals surface area contributed by atoms with E-state index < -0.39 is 5.91 Å². The van der Waals surface area contributed by atoms with Crippen LogP contribution in [0.5, 0.6) is 11.5 Å². The van der Waals surface area contributed by atoms with Crippen LogP contribution in [0.3, 0.4) is 0 Å². The summed E-state index contributed by atoms with van der Waals surface area (Å²) in [6.45, 7) is 10.9. The number of aromatic nitrogens is 2. The molecular formula is C36H31KN4O6. The van der Waals surface area contributed by atoms with Crippen molar-refractivity contribution in [2.24, 2.45) is 5.73 Å². The standard InChI is InChI=1S/C18H16N2O3.C18H14N2O2.K.H2O/c1-11-16(17(20-23-11)12-6-4-3-5-7-12)13-8-9-14(18(19)21)15(10-13)22-2;1-12-17(14-9-10-15(19-2)16(11-14)21-3)18(20-22-12)13-7-5-4-6-8-13;;/h3-10H,1-2H3,(H2,19,21);4-11H,1,3H3;;1H2/q;;+1;/p-1. The van der Waals surface area contributed by atoms with Gasteiger partial charge in [0.2, 0.25) is 5.69 Å². The van der Waals surface area contributed by atoms with Crippen LogP contribution in [0.25, 0.3) is 49.6 Å². The first kappa shape index (κ1) is 36.9. The van der Waals surface area contributed by atoms with Gasteiger partial charge in [-0.15, -0.1) is 0 Å². The maximum absolute atomic E-state index is 11.4. The Bertz CT molecular complexity index is 2000. The summed E-state index contributed by atoms with van der Waals surface area (Å²) in [5, 5.41) is 8.35. The van der Waals surface area contributed by atoms with Crippen molar-refractivity contribution in [3.05, 3.63) is 126 Å². The summed E-state index contributed by atoms with van der Waals surface area (Å²) in [5.74, 6) is 1.87. The zero-order valence-electron chi connectivity index (χ0n) is 26.6. The number of hydrogen-bond acceptors (Lipinski definition) is 8. The van der Waals surface area contributed by atoms with Crippen LogP contribution in [0.4, 0.5) is 5.69 Å². The number of benzene rings is 4. The van der Waals surface area contributed by atoms with Crippen LogP contribution >= 0.6 is 0 Å². The van der Waals surface area contributed by atoms with Gasteiger partial charge in [0.15, 0.2) is 0 Å². The van der Waals surface area contributed by atoms with E-state index in [-0.39, 0.29) is 56.9 Å². The Hall–Kier alpha value is -4.54. The summed E-state index contributed by atoms with van der Waals surface area (Å²) in [6, 6.07) is 30.4. The minimum Gasteiger partial charge on any atom is -0.870 e. The topological polar surface area (TPSA) is 148 Å². The van der Waals surface area contributed by atoms with Gasteiger partial charge in [-0.2, -0.15) is 0 Å². The molecule has 0 spiro atoms. The summed E-state index contributed by atoms with van der Waals surface area (Å²) in [4.78, 5) is 14.9. The molecule has 0 aliphatic carbocycles. The van der Waals surface area contributed by atoms with E-state index in [1.54, 1.807) is 25.3 Å². The molecule has 1 amide bonds. The summed E-state index contributed by atoms with van der Waals surface area (Å²) in [7, 11) is 3.07. The number of amides is 1. The predicted octanol–water partition coefficient (Wildman–Crippen LogP) is 5.13. The van der Waals surface area contributed by atoms with Gasteiger partial charge in [0, 0.05) is 11.1 Å². The molecule has 0 bridgehead atoms. The molecule has 2 heterocycles. The molecule has 232 valence electrons. The summed E-state index contributed by atoms with van der Waals surface area (Å²) >= 11 is 0. The molecule has 0 radical (unpaired) electrons. The second kappa shape index (κ2) is 16.9. The minimum absolute atomic E-state index is 0. The van der Waals surface area contributed by atoms with Crippen LogP contribution in [0.2, 0.25) is 0 Å². The van der Waals surface area contributed by atoms with E-state index in [4.69, 9.17) is 30.8 Å². The number of aryl methyl sites for hydroxylation is 2. The molecule has 4 aromatic carbocycles. The molecule has 0 atom stereocenters. The molecule has 47 heavy (non-hydrogen) atoms. The summed E-state index contributed by atoms with van der Waals surface area (Å²) in [5.41, 5.74) is 13.2. The van der Waals surface area contributed by atoms with E-state index in [0.29, 0.717) is 28.5 Å². The smallest absolute Gasteiger partial charge is 0.870 e. The van der Waals surface area contributed by atoms with Gasteiger partial charge in [0.25, 0.3) is 5.91 Å². The monoisotopic (exact) mass is 654 g/mol. The Balaban J connectivity index is 0.000000245. The van der Waals surface area contributed by atoms with Crippen LogP contribution in [0.15, 0.2) is 106 Å². The number of rotatable bonds is 7. The van der Waals surface area contributed by atoms with Crippen LogP contribution in [0, 0.1) is 20.4 Å². The van der Waals surface area contributed by atoms with Gasteiger partial charge in [-0.3, -0.25) is 4.79 Å². The molecule has 11 heteroatoms. The fourth-order valence-electron chi connectivity index (χ4n) is 4.99. The molecule has 6 aromatic rings. The molecule has 0 aliphatic heterocycles. The Labute approximate surface area is 315 Å². The van der Waals surface area contributed by atoms with E-state index >= 15 is 0 Å². The molecule has 2 aromatic heterocycles. The first-order valence-corrected chi connectivity index (χ1v) is 13.9. The van der Waals surface area contributed by atoms with E-state index in [9.17, 15) is 4.79 Å². The minimum atomic E-state index is -0.529. The number of methoxy groups -OCH3 is 2. The molecule has 10 nitrogen and oxygen atoms in total. The first-order valence-electron chi connectivity index (χ1n) is 13.9. The Morgan fingerprint density at radius 3 is 1.57 bits per heavy atom. The van der Waals surface area contributed by atoms with Crippen LogP contribution in [-0.4, -0.2) is 35.9 Å². The number of ether oxygens (including phenoxy) is 2. The van der Waals surface area contributed by atoms with Crippen LogP contribution in [-0.2, 0) is 0 Å². The SMILES string of the molecule is COc1cc(-c2c(-c3ccccc3)noc2C)ccc1C(N)=O.[C-]#[N+]c1ccc(-c2c(-c3ccccc3)noc2C)cc1OC.[K+].[OH-].